The molecule has 3 rings (SSSR count). The van der Waals surface area contributed by atoms with E-state index in [1.807, 2.05) is 0 Å². The first-order valence-electron chi connectivity index (χ1n) is 9.35. The van der Waals surface area contributed by atoms with Crippen LogP contribution in [0.4, 0.5) is 0 Å². The summed E-state index contributed by atoms with van der Waals surface area (Å²) in [6.07, 6.45) is 4.26. The summed E-state index contributed by atoms with van der Waals surface area (Å²) in [6, 6.07) is 11.2. The van der Waals surface area contributed by atoms with E-state index < -0.39 is 0 Å². The maximum Gasteiger partial charge on any atom is 0.225 e. The van der Waals surface area contributed by atoms with Crippen molar-refractivity contribution in [1.82, 2.24) is 14.7 Å². The number of carbonyl (C=O) groups is 1. The van der Waals surface area contributed by atoms with Gasteiger partial charge in [0, 0.05) is 31.6 Å². The number of benzene rings is 1. The van der Waals surface area contributed by atoms with Gasteiger partial charge in [0.15, 0.2) is 0 Å². The van der Waals surface area contributed by atoms with Gasteiger partial charge in [-0.2, -0.15) is 0 Å². The molecule has 2 saturated heterocycles. The molecule has 0 unspecified atom stereocenters. The Bertz CT molecular complexity index is 517. The second-order valence-corrected chi connectivity index (χ2v) is 7.53. The highest BCUT2D eigenvalue weighted by molar-refractivity contribution is 5.79. The van der Waals surface area contributed by atoms with E-state index in [1.165, 1.54) is 5.56 Å². The van der Waals surface area contributed by atoms with Crippen molar-refractivity contribution < 1.29 is 4.79 Å². The summed E-state index contributed by atoms with van der Waals surface area (Å²) < 4.78 is 0. The average Bonchev–Trinajstić information content (AvgIpc) is 2.63. The van der Waals surface area contributed by atoms with E-state index in [1.54, 1.807) is 0 Å². The first-order valence-corrected chi connectivity index (χ1v) is 9.35. The van der Waals surface area contributed by atoms with Crippen LogP contribution >= 0.6 is 0 Å². The Labute approximate surface area is 146 Å². The number of amides is 1. The molecule has 2 fully saturated rings. The van der Waals surface area contributed by atoms with Crippen molar-refractivity contribution in [2.75, 3.05) is 40.3 Å². The van der Waals surface area contributed by atoms with Crippen LogP contribution < -0.4 is 0 Å². The Morgan fingerprint density at radius 2 is 1.67 bits per heavy atom. The minimum Gasteiger partial charge on any atom is -0.342 e. The van der Waals surface area contributed by atoms with Crippen molar-refractivity contribution in [2.24, 2.45) is 5.92 Å². The van der Waals surface area contributed by atoms with E-state index in [0.717, 1.165) is 58.4 Å². The predicted octanol–water partition coefficient (Wildman–Crippen LogP) is 2.45. The summed E-state index contributed by atoms with van der Waals surface area (Å²) in [5.41, 5.74) is 1.37. The van der Waals surface area contributed by atoms with Crippen LogP contribution in [0.3, 0.4) is 0 Å². The lowest BCUT2D eigenvalue weighted by Crippen LogP contribution is -2.48. The van der Waals surface area contributed by atoms with Crippen LogP contribution in [0.1, 0.15) is 31.2 Å². The fraction of sp³-hybridized carbons (Fsp3) is 0.650. The monoisotopic (exact) mass is 329 g/mol. The Morgan fingerprint density at radius 1 is 1.04 bits per heavy atom. The number of hydrogen-bond acceptors (Lipinski definition) is 3. The molecule has 1 amide bonds. The molecule has 2 heterocycles. The SMILES string of the molecule is CN1CCC(C(=O)N2CCC(N(C)Cc3ccccc3)CC2)CC1. The van der Waals surface area contributed by atoms with Crippen molar-refractivity contribution in [1.29, 1.82) is 0 Å². The highest BCUT2D eigenvalue weighted by atomic mass is 16.2. The number of hydrogen-bond donors (Lipinski definition) is 0. The summed E-state index contributed by atoms with van der Waals surface area (Å²) in [5.74, 6) is 0.673. The molecule has 0 aromatic heterocycles. The van der Waals surface area contributed by atoms with Gasteiger partial charge in [-0.05, 0) is 58.4 Å². The molecule has 0 spiro atoms. The molecular formula is C20H31N3O. The van der Waals surface area contributed by atoms with Gasteiger partial charge in [-0.15, -0.1) is 0 Å². The van der Waals surface area contributed by atoms with Crippen molar-refractivity contribution in [3.63, 3.8) is 0 Å². The van der Waals surface area contributed by atoms with Gasteiger partial charge in [-0.1, -0.05) is 30.3 Å². The van der Waals surface area contributed by atoms with E-state index in [0.29, 0.717) is 11.9 Å². The first-order chi connectivity index (χ1) is 11.6. The lowest BCUT2D eigenvalue weighted by Gasteiger charge is -2.39. The molecule has 0 aliphatic carbocycles. The Hall–Kier alpha value is -1.39. The number of nitrogens with zero attached hydrogens (tertiary/aromatic N) is 3. The lowest BCUT2D eigenvalue weighted by atomic mass is 9.94. The number of likely N-dealkylation sites (tertiary alicyclic amines) is 2. The molecule has 2 aliphatic heterocycles. The van der Waals surface area contributed by atoms with Crippen molar-refractivity contribution in [2.45, 2.75) is 38.3 Å². The highest BCUT2D eigenvalue weighted by Gasteiger charge is 2.31. The van der Waals surface area contributed by atoms with Crippen LogP contribution in [-0.2, 0) is 11.3 Å². The topological polar surface area (TPSA) is 26.8 Å². The second kappa shape index (κ2) is 8.13. The van der Waals surface area contributed by atoms with Crippen molar-refractivity contribution in [3.05, 3.63) is 35.9 Å². The maximum absolute atomic E-state index is 12.7. The molecule has 24 heavy (non-hydrogen) atoms. The zero-order chi connectivity index (χ0) is 16.9. The number of rotatable bonds is 4. The summed E-state index contributed by atoms with van der Waals surface area (Å²) in [7, 11) is 4.36. The van der Waals surface area contributed by atoms with Crippen molar-refractivity contribution in [3.8, 4) is 0 Å². The van der Waals surface area contributed by atoms with Crippen molar-refractivity contribution >= 4 is 5.91 Å². The van der Waals surface area contributed by atoms with Crippen LogP contribution in [0.2, 0.25) is 0 Å². The van der Waals surface area contributed by atoms with Gasteiger partial charge < -0.3 is 9.80 Å². The Morgan fingerprint density at radius 3 is 2.29 bits per heavy atom. The molecule has 0 N–H and O–H groups in total. The van der Waals surface area contributed by atoms with Gasteiger partial charge in [-0.25, -0.2) is 0 Å². The molecule has 4 heteroatoms. The normalized spacial score (nSPS) is 21.4. The minimum absolute atomic E-state index is 0.264. The first kappa shape index (κ1) is 17.4. The molecule has 0 bridgehead atoms. The molecule has 1 aromatic rings. The fourth-order valence-electron chi connectivity index (χ4n) is 4.04. The highest BCUT2D eigenvalue weighted by Crippen LogP contribution is 2.23. The molecule has 0 atom stereocenters. The van der Waals surface area contributed by atoms with E-state index in [4.69, 9.17) is 0 Å². The molecule has 0 saturated carbocycles. The molecular weight excluding hydrogens is 298 g/mol. The summed E-state index contributed by atoms with van der Waals surface area (Å²) in [5, 5.41) is 0. The zero-order valence-electron chi connectivity index (χ0n) is 15.2. The van der Waals surface area contributed by atoms with Gasteiger partial charge in [0.1, 0.15) is 0 Å². The van der Waals surface area contributed by atoms with E-state index in [9.17, 15) is 4.79 Å². The van der Waals surface area contributed by atoms with Gasteiger partial charge in [0.25, 0.3) is 0 Å². The van der Waals surface area contributed by atoms with E-state index >= 15 is 0 Å². The Balaban J connectivity index is 1.46. The van der Waals surface area contributed by atoms with Gasteiger partial charge in [0.2, 0.25) is 5.91 Å². The quantitative estimate of drug-likeness (QED) is 0.849. The van der Waals surface area contributed by atoms with Crippen LogP contribution in [0.15, 0.2) is 30.3 Å². The Kier molecular flexibility index (Phi) is 5.90. The largest absolute Gasteiger partial charge is 0.342 e. The molecule has 1 aromatic carbocycles. The third-order valence-corrected chi connectivity index (χ3v) is 5.74. The summed E-state index contributed by atoms with van der Waals surface area (Å²) in [4.78, 5) is 19.6. The van der Waals surface area contributed by atoms with Crippen LogP contribution in [0.25, 0.3) is 0 Å². The second-order valence-electron chi connectivity index (χ2n) is 7.53. The average molecular weight is 329 g/mol. The third kappa shape index (κ3) is 4.37. The van der Waals surface area contributed by atoms with E-state index in [-0.39, 0.29) is 5.92 Å². The lowest BCUT2D eigenvalue weighted by molar-refractivity contribution is -0.138. The number of carbonyl (C=O) groups excluding carboxylic acids is 1. The molecule has 4 nitrogen and oxygen atoms in total. The predicted molar refractivity (Wildman–Crippen MR) is 97.7 cm³/mol. The van der Waals surface area contributed by atoms with Gasteiger partial charge >= 0.3 is 0 Å². The zero-order valence-corrected chi connectivity index (χ0v) is 15.2. The van der Waals surface area contributed by atoms with Gasteiger partial charge in [-0.3, -0.25) is 9.69 Å². The van der Waals surface area contributed by atoms with E-state index in [2.05, 4.69) is 59.1 Å². The number of piperidine rings is 2. The maximum atomic E-state index is 12.7. The third-order valence-electron chi connectivity index (χ3n) is 5.74. The standard InChI is InChI=1S/C20H31N3O/c1-21-12-8-18(9-13-21)20(24)23-14-10-19(11-15-23)22(2)16-17-6-4-3-5-7-17/h3-7,18-19H,8-16H2,1-2H3. The summed E-state index contributed by atoms with van der Waals surface area (Å²) >= 11 is 0. The van der Waals surface area contributed by atoms with Crippen LogP contribution in [-0.4, -0.2) is 66.9 Å². The molecule has 0 radical (unpaired) electrons. The fourth-order valence-corrected chi connectivity index (χ4v) is 4.04. The molecule has 132 valence electrons. The smallest absolute Gasteiger partial charge is 0.225 e. The van der Waals surface area contributed by atoms with Gasteiger partial charge in [0.05, 0.1) is 0 Å². The van der Waals surface area contributed by atoms with Crippen LogP contribution in [0, 0.1) is 5.92 Å². The van der Waals surface area contributed by atoms with Crippen LogP contribution in [0.5, 0.6) is 0 Å². The molecule has 2 aliphatic rings. The minimum atomic E-state index is 0.264. The summed E-state index contributed by atoms with van der Waals surface area (Å²) in [6.45, 7) is 4.97.